The monoisotopic (exact) mass is 277 g/mol. The van der Waals surface area contributed by atoms with Crippen LogP contribution >= 0.6 is 0 Å². The first-order valence-corrected chi connectivity index (χ1v) is 6.35. The lowest BCUT2D eigenvalue weighted by molar-refractivity contribution is -0.142. The maximum Gasteiger partial charge on any atom is 0.326 e. The second kappa shape index (κ2) is 7.99. The van der Waals surface area contributed by atoms with E-state index in [4.69, 9.17) is 9.84 Å². The lowest BCUT2D eigenvalue weighted by atomic mass is 10.2. The molecule has 0 aliphatic carbocycles. The summed E-state index contributed by atoms with van der Waals surface area (Å²) in [5.74, 6) is -0.944. The van der Waals surface area contributed by atoms with Crippen molar-refractivity contribution in [1.82, 2.24) is 5.32 Å². The number of aryl methyl sites for hydroxylation is 1. The third-order valence-corrected chi connectivity index (χ3v) is 2.63. The normalized spacial score (nSPS) is 12.1. The molecule has 0 aliphatic heterocycles. The van der Waals surface area contributed by atoms with Crippen LogP contribution in [0.2, 0.25) is 0 Å². The number of nitrogens with one attached hydrogen (secondary N) is 1. The summed E-state index contributed by atoms with van der Waals surface area (Å²) in [5.41, 5.74) is 1.10. The summed E-state index contributed by atoms with van der Waals surface area (Å²) in [6.07, 6.45) is 3.69. The molecule has 1 atom stereocenters. The first-order valence-electron chi connectivity index (χ1n) is 6.35. The number of benzene rings is 1. The van der Waals surface area contributed by atoms with Crippen molar-refractivity contribution in [3.05, 3.63) is 42.0 Å². The summed E-state index contributed by atoms with van der Waals surface area (Å²) in [6, 6.07) is 6.34. The van der Waals surface area contributed by atoms with Gasteiger partial charge in [0.25, 0.3) is 5.91 Å². The number of carbonyl (C=O) groups is 2. The van der Waals surface area contributed by atoms with Gasteiger partial charge in [0.2, 0.25) is 0 Å². The molecule has 1 rings (SSSR count). The number of hydrogen-bond donors (Lipinski definition) is 2. The molecule has 0 heterocycles. The third kappa shape index (κ3) is 5.56. The smallest absolute Gasteiger partial charge is 0.326 e. The van der Waals surface area contributed by atoms with Gasteiger partial charge in [0.1, 0.15) is 11.8 Å². The minimum absolute atomic E-state index is 0.206. The van der Waals surface area contributed by atoms with Gasteiger partial charge in [0.05, 0.1) is 0 Å². The van der Waals surface area contributed by atoms with Gasteiger partial charge in [-0.15, -0.1) is 0 Å². The molecule has 2 N–H and O–H groups in total. The molecule has 5 nitrogen and oxygen atoms in total. The van der Waals surface area contributed by atoms with Crippen LogP contribution in [0.4, 0.5) is 0 Å². The number of allylic oxidation sites excluding steroid dienone is 1. The molecule has 0 saturated carbocycles. The first kappa shape index (κ1) is 15.8. The molecule has 108 valence electrons. The minimum atomic E-state index is -1.06. The highest BCUT2D eigenvalue weighted by Crippen LogP contribution is 2.10. The van der Waals surface area contributed by atoms with E-state index in [1.165, 1.54) is 0 Å². The zero-order chi connectivity index (χ0) is 15.0. The van der Waals surface area contributed by atoms with E-state index in [9.17, 15) is 9.59 Å². The van der Waals surface area contributed by atoms with Crippen LogP contribution in [-0.2, 0) is 9.59 Å². The van der Waals surface area contributed by atoms with Gasteiger partial charge < -0.3 is 15.2 Å². The number of carbonyl (C=O) groups excluding carboxylic acids is 1. The Balaban J connectivity index is 2.45. The number of amides is 1. The molecule has 1 aromatic carbocycles. The Morgan fingerprint density at radius 1 is 1.35 bits per heavy atom. The zero-order valence-electron chi connectivity index (χ0n) is 11.6. The van der Waals surface area contributed by atoms with E-state index in [0.29, 0.717) is 5.75 Å². The standard InChI is InChI=1S/C15H19NO4/c1-3-4-5-13(15(18)19)16-14(17)10-20-12-8-6-11(2)7-9-12/h3-4,6-9,13H,5,10H2,1-2H3,(H,16,17)(H,18,19)/b4-3+. The van der Waals surface area contributed by atoms with Crippen LogP contribution in [-0.4, -0.2) is 29.6 Å². The van der Waals surface area contributed by atoms with Crippen LogP contribution < -0.4 is 10.1 Å². The Morgan fingerprint density at radius 2 is 2.00 bits per heavy atom. The minimum Gasteiger partial charge on any atom is -0.484 e. The maximum absolute atomic E-state index is 11.6. The molecule has 1 aromatic rings. The Morgan fingerprint density at radius 3 is 2.55 bits per heavy atom. The maximum atomic E-state index is 11.6. The number of carboxylic acids is 1. The summed E-state index contributed by atoms with van der Waals surface area (Å²) in [4.78, 5) is 22.6. The number of hydrogen-bond acceptors (Lipinski definition) is 3. The quantitative estimate of drug-likeness (QED) is 0.746. The molecule has 0 aliphatic rings. The number of rotatable bonds is 7. The summed E-state index contributed by atoms with van der Waals surface area (Å²) >= 11 is 0. The summed E-state index contributed by atoms with van der Waals surface area (Å²) in [6.45, 7) is 3.54. The van der Waals surface area contributed by atoms with E-state index < -0.39 is 17.9 Å². The molecular weight excluding hydrogens is 258 g/mol. The molecule has 0 saturated heterocycles. The Labute approximate surface area is 118 Å². The van der Waals surface area contributed by atoms with Crippen molar-refractivity contribution in [3.63, 3.8) is 0 Å². The fourth-order valence-electron chi connectivity index (χ4n) is 1.51. The first-order chi connectivity index (χ1) is 9.52. The van der Waals surface area contributed by atoms with Crippen molar-refractivity contribution in [1.29, 1.82) is 0 Å². The van der Waals surface area contributed by atoms with Crippen molar-refractivity contribution in [2.24, 2.45) is 0 Å². The van der Waals surface area contributed by atoms with Gasteiger partial charge in [0.15, 0.2) is 6.61 Å². The molecule has 1 amide bonds. The van der Waals surface area contributed by atoms with Crippen molar-refractivity contribution in [2.45, 2.75) is 26.3 Å². The molecule has 0 aromatic heterocycles. The van der Waals surface area contributed by atoms with Gasteiger partial charge in [-0.3, -0.25) is 4.79 Å². The number of ether oxygens (including phenoxy) is 1. The Hall–Kier alpha value is -2.30. The topological polar surface area (TPSA) is 75.6 Å². The number of carboxylic acid groups (broad SMARTS) is 1. The van der Waals surface area contributed by atoms with E-state index in [2.05, 4.69) is 5.32 Å². The lowest BCUT2D eigenvalue weighted by Gasteiger charge is -2.13. The zero-order valence-corrected chi connectivity index (χ0v) is 11.6. The molecule has 0 fully saturated rings. The Bertz CT molecular complexity index is 479. The predicted octanol–water partition coefficient (Wildman–Crippen LogP) is 1.91. The second-order valence-corrected chi connectivity index (χ2v) is 4.36. The van der Waals surface area contributed by atoms with E-state index in [1.54, 1.807) is 31.2 Å². The third-order valence-electron chi connectivity index (χ3n) is 2.63. The number of aliphatic carboxylic acids is 1. The van der Waals surface area contributed by atoms with Gasteiger partial charge in [0, 0.05) is 0 Å². The summed E-state index contributed by atoms with van der Waals surface area (Å²) in [5, 5.41) is 11.4. The average Bonchev–Trinajstić information content (AvgIpc) is 2.42. The highest BCUT2D eigenvalue weighted by atomic mass is 16.5. The largest absolute Gasteiger partial charge is 0.484 e. The highest BCUT2D eigenvalue weighted by Gasteiger charge is 2.18. The SMILES string of the molecule is C/C=C/CC(NC(=O)COc1ccc(C)cc1)C(=O)O. The van der Waals surface area contributed by atoms with Gasteiger partial charge in [-0.25, -0.2) is 4.79 Å². The fraction of sp³-hybridized carbons (Fsp3) is 0.333. The van der Waals surface area contributed by atoms with Gasteiger partial charge in [-0.05, 0) is 32.4 Å². The molecule has 1 unspecified atom stereocenters. The lowest BCUT2D eigenvalue weighted by Crippen LogP contribution is -2.42. The van der Waals surface area contributed by atoms with Gasteiger partial charge in [-0.1, -0.05) is 29.8 Å². The van der Waals surface area contributed by atoms with Crippen molar-refractivity contribution < 1.29 is 19.4 Å². The van der Waals surface area contributed by atoms with E-state index in [1.807, 2.05) is 19.1 Å². The van der Waals surface area contributed by atoms with Crippen LogP contribution in [0, 0.1) is 6.92 Å². The van der Waals surface area contributed by atoms with Gasteiger partial charge in [-0.2, -0.15) is 0 Å². The van der Waals surface area contributed by atoms with Crippen LogP contribution in [0.3, 0.4) is 0 Å². The van der Waals surface area contributed by atoms with E-state index >= 15 is 0 Å². The molecule has 20 heavy (non-hydrogen) atoms. The average molecular weight is 277 g/mol. The van der Waals surface area contributed by atoms with Crippen LogP contribution in [0.15, 0.2) is 36.4 Å². The van der Waals surface area contributed by atoms with Crippen molar-refractivity contribution in [2.75, 3.05) is 6.61 Å². The van der Waals surface area contributed by atoms with Crippen LogP contribution in [0.5, 0.6) is 5.75 Å². The summed E-state index contributed by atoms with van der Waals surface area (Å²) < 4.78 is 5.28. The van der Waals surface area contributed by atoms with E-state index in [-0.39, 0.29) is 13.0 Å². The fourth-order valence-corrected chi connectivity index (χ4v) is 1.51. The summed E-state index contributed by atoms with van der Waals surface area (Å²) in [7, 11) is 0. The Kier molecular flexibility index (Phi) is 6.29. The van der Waals surface area contributed by atoms with Crippen LogP contribution in [0.25, 0.3) is 0 Å². The molecule has 0 bridgehead atoms. The molecule has 5 heteroatoms. The molecule has 0 spiro atoms. The van der Waals surface area contributed by atoms with Crippen molar-refractivity contribution in [3.8, 4) is 5.75 Å². The van der Waals surface area contributed by atoms with Crippen molar-refractivity contribution >= 4 is 11.9 Å². The van der Waals surface area contributed by atoms with Crippen LogP contribution in [0.1, 0.15) is 18.9 Å². The van der Waals surface area contributed by atoms with E-state index in [0.717, 1.165) is 5.56 Å². The second-order valence-electron chi connectivity index (χ2n) is 4.36. The molecular formula is C15H19NO4. The highest BCUT2D eigenvalue weighted by molar-refractivity contribution is 5.84. The van der Waals surface area contributed by atoms with Gasteiger partial charge >= 0.3 is 5.97 Å². The predicted molar refractivity (Wildman–Crippen MR) is 75.7 cm³/mol. The molecule has 0 radical (unpaired) electrons.